The molecule has 2 aromatic rings. The zero-order valence-electron chi connectivity index (χ0n) is 23.1. The van der Waals surface area contributed by atoms with E-state index in [-0.39, 0.29) is 54.1 Å². The molecule has 0 radical (unpaired) electrons. The predicted molar refractivity (Wildman–Crippen MR) is 152 cm³/mol. The number of nitrogens with zero attached hydrogens (tertiary/aromatic N) is 3. The highest BCUT2D eigenvalue weighted by atomic mass is 35.5. The number of alkyl halides is 3. The van der Waals surface area contributed by atoms with Gasteiger partial charge in [0, 0.05) is 64.5 Å². The number of halogens is 6. The summed E-state index contributed by atoms with van der Waals surface area (Å²) in [7, 11) is 2.92. The van der Waals surface area contributed by atoms with Crippen LogP contribution in [0, 0.1) is 5.82 Å². The summed E-state index contributed by atoms with van der Waals surface area (Å²) in [5.74, 6) is -0.869. The molecule has 2 aromatic carbocycles. The number of methoxy groups -OCH3 is 2. The first-order valence-electron chi connectivity index (χ1n) is 13.0. The highest BCUT2D eigenvalue weighted by Gasteiger charge is 2.35. The number of amides is 1. The molecule has 0 unspecified atom stereocenters. The summed E-state index contributed by atoms with van der Waals surface area (Å²) in [5.41, 5.74) is -0.161. The van der Waals surface area contributed by atoms with Gasteiger partial charge in [0.25, 0.3) is 5.91 Å². The van der Waals surface area contributed by atoms with Crippen LogP contribution in [0.4, 0.5) is 17.6 Å². The summed E-state index contributed by atoms with van der Waals surface area (Å²) in [6.07, 6.45) is -4.13. The number of hydrogen-bond donors (Lipinski definition) is 0. The Kier molecular flexibility index (Phi) is 13.6. The van der Waals surface area contributed by atoms with Gasteiger partial charge in [-0.25, -0.2) is 4.39 Å². The molecule has 230 valence electrons. The van der Waals surface area contributed by atoms with Gasteiger partial charge in [-0.3, -0.25) is 14.6 Å². The van der Waals surface area contributed by atoms with E-state index in [1.807, 2.05) is 0 Å². The molecule has 2 saturated heterocycles. The van der Waals surface area contributed by atoms with Gasteiger partial charge in [-0.15, -0.1) is 24.8 Å². The fourth-order valence-electron chi connectivity index (χ4n) is 5.18. The fraction of sp³-hybridized carbons (Fsp3) is 0.536. The number of carbonyl (C=O) groups excluding carboxylic acids is 1. The van der Waals surface area contributed by atoms with Gasteiger partial charge in [-0.05, 0) is 42.3 Å². The van der Waals surface area contributed by atoms with Crippen molar-refractivity contribution in [2.24, 2.45) is 0 Å². The van der Waals surface area contributed by atoms with Crippen molar-refractivity contribution in [3.8, 4) is 5.75 Å². The molecule has 2 aliphatic heterocycles. The van der Waals surface area contributed by atoms with E-state index in [2.05, 4.69) is 9.80 Å². The Morgan fingerprint density at radius 2 is 1.66 bits per heavy atom. The van der Waals surface area contributed by atoms with Gasteiger partial charge in [0.05, 0.1) is 32.0 Å². The Hall–Kier alpha value is -2.15. The summed E-state index contributed by atoms with van der Waals surface area (Å²) >= 11 is 0. The monoisotopic (exact) mass is 625 g/mol. The number of carbonyl (C=O) groups is 1. The van der Waals surface area contributed by atoms with Gasteiger partial charge in [0.2, 0.25) is 0 Å². The fourth-order valence-corrected chi connectivity index (χ4v) is 5.18. The van der Waals surface area contributed by atoms with Crippen molar-refractivity contribution in [3.63, 3.8) is 0 Å². The Labute approximate surface area is 250 Å². The van der Waals surface area contributed by atoms with E-state index in [1.54, 1.807) is 24.1 Å². The minimum atomic E-state index is -4.61. The molecule has 1 amide bonds. The SMILES string of the molecule is COC[C@@H]1CN(CCN2CCN(C(=O)c3cc(OC)cc(C(F)(F)F)c3)[C@H](Cc3ccc(F)cc3)C2)CCO1.Cl.Cl. The van der Waals surface area contributed by atoms with E-state index < -0.39 is 17.6 Å². The molecular weight excluding hydrogens is 589 g/mol. The zero-order chi connectivity index (χ0) is 28.0. The lowest BCUT2D eigenvalue weighted by Gasteiger charge is -2.42. The van der Waals surface area contributed by atoms with Crippen LogP contribution in [0.25, 0.3) is 0 Å². The first-order valence-corrected chi connectivity index (χ1v) is 13.0. The van der Waals surface area contributed by atoms with Gasteiger partial charge in [-0.2, -0.15) is 13.2 Å². The largest absolute Gasteiger partial charge is 0.497 e. The van der Waals surface area contributed by atoms with Crippen molar-refractivity contribution < 1.29 is 36.6 Å². The Bertz CT molecular complexity index is 1110. The third-order valence-electron chi connectivity index (χ3n) is 7.24. The molecule has 0 aromatic heterocycles. The second-order valence-electron chi connectivity index (χ2n) is 9.98. The zero-order valence-corrected chi connectivity index (χ0v) is 24.7. The minimum Gasteiger partial charge on any atom is -0.497 e. The van der Waals surface area contributed by atoms with Gasteiger partial charge in [0.1, 0.15) is 11.6 Å². The van der Waals surface area contributed by atoms with Crippen LogP contribution in [0.3, 0.4) is 0 Å². The molecule has 7 nitrogen and oxygen atoms in total. The minimum absolute atomic E-state index is 0. The van der Waals surface area contributed by atoms with E-state index >= 15 is 0 Å². The van der Waals surface area contributed by atoms with Crippen molar-refractivity contribution in [1.29, 1.82) is 0 Å². The number of piperazine rings is 1. The second-order valence-corrected chi connectivity index (χ2v) is 9.98. The molecule has 13 heteroatoms. The summed E-state index contributed by atoms with van der Waals surface area (Å²) in [4.78, 5) is 19.8. The van der Waals surface area contributed by atoms with Crippen LogP contribution in [0.5, 0.6) is 5.75 Å². The summed E-state index contributed by atoms with van der Waals surface area (Å²) in [6, 6.07) is 8.89. The van der Waals surface area contributed by atoms with Crippen LogP contribution in [0.1, 0.15) is 21.5 Å². The number of benzene rings is 2. The molecule has 41 heavy (non-hydrogen) atoms. The first-order chi connectivity index (χ1) is 18.7. The van der Waals surface area contributed by atoms with Crippen LogP contribution in [-0.2, 0) is 22.1 Å². The highest BCUT2D eigenvalue weighted by molar-refractivity contribution is 5.95. The lowest BCUT2D eigenvalue weighted by molar-refractivity contribution is -0.137. The third-order valence-corrected chi connectivity index (χ3v) is 7.24. The van der Waals surface area contributed by atoms with E-state index in [9.17, 15) is 22.4 Å². The van der Waals surface area contributed by atoms with Crippen molar-refractivity contribution in [1.82, 2.24) is 14.7 Å². The van der Waals surface area contributed by atoms with Crippen molar-refractivity contribution >= 4 is 30.7 Å². The first kappa shape index (κ1) is 35.0. The van der Waals surface area contributed by atoms with E-state index in [0.717, 1.165) is 43.9 Å². The average Bonchev–Trinajstić information content (AvgIpc) is 2.92. The summed E-state index contributed by atoms with van der Waals surface area (Å²) in [6.45, 7) is 5.89. The maximum Gasteiger partial charge on any atom is 0.416 e. The van der Waals surface area contributed by atoms with Gasteiger partial charge in [0.15, 0.2) is 0 Å². The molecule has 0 aliphatic carbocycles. The molecule has 0 saturated carbocycles. The van der Waals surface area contributed by atoms with E-state index in [4.69, 9.17) is 14.2 Å². The van der Waals surface area contributed by atoms with Crippen LogP contribution in [0.15, 0.2) is 42.5 Å². The molecule has 0 spiro atoms. The summed E-state index contributed by atoms with van der Waals surface area (Å²) in [5, 5.41) is 0. The number of rotatable bonds is 9. The maximum atomic E-state index is 13.6. The van der Waals surface area contributed by atoms with E-state index in [0.29, 0.717) is 39.3 Å². The molecule has 4 rings (SSSR count). The Morgan fingerprint density at radius 3 is 2.29 bits per heavy atom. The normalized spacial score (nSPS) is 20.2. The van der Waals surface area contributed by atoms with Gasteiger partial charge >= 0.3 is 6.18 Å². The molecule has 2 heterocycles. The topological polar surface area (TPSA) is 54.5 Å². The van der Waals surface area contributed by atoms with Gasteiger partial charge < -0.3 is 19.1 Å². The number of hydrogen-bond acceptors (Lipinski definition) is 6. The van der Waals surface area contributed by atoms with Crippen molar-refractivity contribution in [2.45, 2.75) is 24.7 Å². The molecule has 0 N–H and O–H groups in total. The number of morpholine rings is 1. The Balaban J connectivity index is 0.00000294. The van der Waals surface area contributed by atoms with Crippen LogP contribution < -0.4 is 4.74 Å². The molecule has 2 fully saturated rings. The maximum absolute atomic E-state index is 13.6. The lowest BCUT2D eigenvalue weighted by atomic mass is 10.00. The highest BCUT2D eigenvalue weighted by Crippen LogP contribution is 2.33. The second kappa shape index (κ2) is 15.9. The van der Waals surface area contributed by atoms with Crippen LogP contribution >= 0.6 is 24.8 Å². The van der Waals surface area contributed by atoms with Gasteiger partial charge in [-0.1, -0.05) is 12.1 Å². The smallest absolute Gasteiger partial charge is 0.416 e. The van der Waals surface area contributed by atoms with Crippen LogP contribution in [-0.4, -0.2) is 106 Å². The van der Waals surface area contributed by atoms with Crippen LogP contribution in [0.2, 0.25) is 0 Å². The van der Waals surface area contributed by atoms with E-state index in [1.165, 1.54) is 25.3 Å². The predicted octanol–water partition coefficient (Wildman–Crippen LogP) is 4.41. The quantitative estimate of drug-likeness (QED) is 0.385. The molecule has 2 atom stereocenters. The number of ether oxygens (including phenoxy) is 3. The van der Waals surface area contributed by atoms with Crippen molar-refractivity contribution in [3.05, 3.63) is 65.0 Å². The molecule has 2 aliphatic rings. The Morgan fingerprint density at radius 1 is 0.976 bits per heavy atom. The van der Waals surface area contributed by atoms with Crippen molar-refractivity contribution in [2.75, 3.05) is 73.2 Å². The third kappa shape index (κ3) is 9.69. The summed E-state index contributed by atoms with van der Waals surface area (Å²) < 4.78 is 70.0. The standard InChI is InChI=1S/C28H35F4N3O4.2ClH/c1-37-19-26-18-34(11-12-39-26)8-7-33-9-10-35(24(17-33)13-20-3-5-23(29)6-4-20)27(36)21-14-22(28(30,31)32)16-25(15-21)38-2;;/h3-6,14-16,24,26H,7-13,17-19H2,1-2H3;2*1H/t24-,26+;;/m1../s1. The average molecular weight is 627 g/mol. The lowest BCUT2D eigenvalue weighted by Crippen LogP contribution is -2.57. The molecular formula is C28H37Cl2F4N3O4. The molecule has 0 bridgehead atoms.